The third-order valence-corrected chi connectivity index (χ3v) is 7.92. The Morgan fingerprint density at radius 2 is 1.81 bits per heavy atom. The standard InChI is InChI=1S/C26H29ClN6O2S/c1-31(21-11-7-19(27)8-12-21)26-30-29-25(36-26)24(35)28-20-15-23(34)33(17-20)22-9-5-18(6-10-22)16-32-13-3-2-4-14-32/h5-12,20H,2-4,13-17H2,1H3,(H,28,35). The molecular formula is C26H29ClN6O2S. The Balaban J connectivity index is 1.17. The van der Waals surface area contributed by atoms with Crippen molar-refractivity contribution in [2.75, 3.05) is 36.5 Å². The lowest BCUT2D eigenvalue weighted by molar-refractivity contribution is -0.117. The molecule has 1 aromatic heterocycles. The van der Waals surface area contributed by atoms with E-state index in [4.69, 9.17) is 11.6 Å². The number of benzene rings is 2. The molecule has 1 N–H and O–H groups in total. The summed E-state index contributed by atoms with van der Waals surface area (Å²) in [6.45, 7) is 3.69. The Hall–Kier alpha value is -3.01. The van der Waals surface area contributed by atoms with Crippen molar-refractivity contribution < 1.29 is 9.59 Å². The van der Waals surface area contributed by atoms with Gasteiger partial charge in [0.05, 0.1) is 6.04 Å². The second-order valence-electron chi connectivity index (χ2n) is 9.31. The van der Waals surface area contributed by atoms with Gasteiger partial charge in [0.25, 0.3) is 5.91 Å². The molecule has 1 unspecified atom stereocenters. The maximum absolute atomic E-state index is 12.8. The van der Waals surface area contributed by atoms with Gasteiger partial charge in [-0.2, -0.15) is 0 Å². The van der Waals surface area contributed by atoms with Crippen LogP contribution in [0.1, 0.15) is 41.0 Å². The Kier molecular flexibility index (Phi) is 7.50. The smallest absolute Gasteiger partial charge is 0.282 e. The summed E-state index contributed by atoms with van der Waals surface area (Å²) in [6, 6.07) is 15.3. The fourth-order valence-electron chi connectivity index (χ4n) is 4.68. The maximum atomic E-state index is 12.8. The molecule has 3 aromatic rings. The zero-order valence-corrected chi connectivity index (χ0v) is 21.8. The van der Waals surface area contributed by atoms with Crippen LogP contribution in [-0.2, 0) is 11.3 Å². The maximum Gasteiger partial charge on any atom is 0.282 e. The van der Waals surface area contributed by atoms with Crippen molar-refractivity contribution in [2.24, 2.45) is 0 Å². The molecule has 8 nitrogen and oxygen atoms in total. The molecule has 36 heavy (non-hydrogen) atoms. The van der Waals surface area contributed by atoms with Gasteiger partial charge in [-0.05, 0) is 67.9 Å². The number of piperidine rings is 1. The van der Waals surface area contributed by atoms with E-state index in [1.54, 1.807) is 17.0 Å². The van der Waals surface area contributed by atoms with Gasteiger partial charge < -0.3 is 15.1 Å². The quantitative estimate of drug-likeness (QED) is 0.491. The van der Waals surface area contributed by atoms with E-state index in [9.17, 15) is 9.59 Å². The molecule has 2 saturated heterocycles. The van der Waals surface area contributed by atoms with E-state index in [1.165, 1.54) is 36.2 Å². The second-order valence-corrected chi connectivity index (χ2v) is 10.7. The third kappa shape index (κ3) is 5.69. The van der Waals surface area contributed by atoms with Gasteiger partial charge in [0.2, 0.25) is 16.0 Å². The van der Waals surface area contributed by atoms with Crippen LogP contribution in [0.25, 0.3) is 0 Å². The van der Waals surface area contributed by atoms with Gasteiger partial charge in [-0.15, -0.1) is 10.2 Å². The molecular weight excluding hydrogens is 496 g/mol. The molecule has 2 aliphatic heterocycles. The molecule has 0 aliphatic carbocycles. The lowest BCUT2D eigenvalue weighted by atomic mass is 10.1. The fraction of sp³-hybridized carbons (Fsp3) is 0.385. The van der Waals surface area contributed by atoms with Crippen molar-refractivity contribution in [3.05, 3.63) is 64.1 Å². The average molecular weight is 525 g/mol. The first-order chi connectivity index (χ1) is 17.5. The average Bonchev–Trinajstić information content (AvgIpc) is 3.52. The highest BCUT2D eigenvalue weighted by atomic mass is 35.5. The number of amides is 2. The summed E-state index contributed by atoms with van der Waals surface area (Å²) in [5.41, 5.74) is 3.01. The topological polar surface area (TPSA) is 81.7 Å². The van der Waals surface area contributed by atoms with Crippen molar-refractivity contribution in [3.8, 4) is 0 Å². The lowest BCUT2D eigenvalue weighted by Crippen LogP contribution is -2.37. The Labute approximate surface area is 219 Å². The number of hydrogen-bond acceptors (Lipinski definition) is 7. The SMILES string of the molecule is CN(c1ccc(Cl)cc1)c1nnc(C(=O)NC2CC(=O)N(c3ccc(CN4CCCCC4)cc3)C2)s1. The summed E-state index contributed by atoms with van der Waals surface area (Å²) in [7, 11) is 1.86. The number of halogens is 1. The summed E-state index contributed by atoms with van der Waals surface area (Å²) < 4.78 is 0. The molecule has 2 fully saturated rings. The van der Waals surface area contributed by atoms with Crippen molar-refractivity contribution in [2.45, 2.75) is 38.3 Å². The van der Waals surface area contributed by atoms with Crippen LogP contribution in [0.2, 0.25) is 5.02 Å². The van der Waals surface area contributed by atoms with Gasteiger partial charge in [-0.3, -0.25) is 14.5 Å². The van der Waals surface area contributed by atoms with Crippen molar-refractivity contribution in [1.29, 1.82) is 0 Å². The monoisotopic (exact) mass is 524 g/mol. The first-order valence-corrected chi connectivity index (χ1v) is 13.4. The van der Waals surface area contributed by atoms with Crippen LogP contribution in [0.3, 0.4) is 0 Å². The van der Waals surface area contributed by atoms with Gasteiger partial charge in [0.15, 0.2) is 0 Å². The number of likely N-dealkylation sites (tertiary alicyclic amines) is 1. The van der Waals surface area contributed by atoms with Gasteiger partial charge in [0.1, 0.15) is 0 Å². The van der Waals surface area contributed by atoms with Crippen LogP contribution in [-0.4, -0.2) is 59.6 Å². The Morgan fingerprint density at radius 1 is 1.08 bits per heavy atom. The minimum Gasteiger partial charge on any atom is -0.345 e. The first-order valence-electron chi connectivity index (χ1n) is 12.2. The highest BCUT2D eigenvalue weighted by Gasteiger charge is 2.32. The lowest BCUT2D eigenvalue weighted by Gasteiger charge is -2.26. The van der Waals surface area contributed by atoms with Crippen LogP contribution >= 0.6 is 22.9 Å². The van der Waals surface area contributed by atoms with Gasteiger partial charge >= 0.3 is 0 Å². The number of nitrogens with one attached hydrogen (secondary N) is 1. The van der Waals surface area contributed by atoms with Crippen LogP contribution in [0, 0.1) is 0 Å². The molecule has 2 aromatic carbocycles. The largest absolute Gasteiger partial charge is 0.345 e. The number of nitrogens with zero attached hydrogens (tertiary/aromatic N) is 5. The zero-order chi connectivity index (χ0) is 25.1. The fourth-order valence-corrected chi connectivity index (χ4v) is 5.53. The Morgan fingerprint density at radius 3 is 2.53 bits per heavy atom. The van der Waals surface area contributed by atoms with Crippen molar-refractivity contribution in [1.82, 2.24) is 20.4 Å². The number of rotatable bonds is 7. The van der Waals surface area contributed by atoms with E-state index >= 15 is 0 Å². The highest BCUT2D eigenvalue weighted by molar-refractivity contribution is 7.17. The predicted molar refractivity (Wildman–Crippen MR) is 143 cm³/mol. The molecule has 5 rings (SSSR count). The summed E-state index contributed by atoms with van der Waals surface area (Å²) in [5.74, 6) is -0.315. The minimum atomic E-state index is -0.320. The van der Waals surface area contributed by atoms with Crippen LogP contribution in [0.15, 0.2) is 48.5 Å². The molecule has 0 bridgehead atoms. The minimum absolute atomic E-state index is 0.00417. The summed E-state index contributed by atoms with van der Waals surface area (Å²) >= 11 is 7.17. The molecule has 2 amide bonds. The van der Waals surface area contributed by atoms with Crippen LogP contribution in [0.4, 0.5) is 16.5 Å². The number of hydrogen-bond donors (Lipinski definition) is 1. The normalized spacial score (nSPS) is 18.4. The van der Waals surface area contributed by atoms with Crippen molar-refractivity contribution in [3.63, 3.8) is 0 Å². The van der Waals surface area contributed by atoms with E-state index in [0.29, 0.717) is 16.7 Å². The molecule has 0 saturated carbocycles. The van der Waals surface area contributed by atoms with E-state index in [-0.39, 0.29) is 29.3 Å². The molecule has 1 atom stereocenters. The summed E-state index contributed by atoms with van der Waals surface area (Å²) in [6.07, 6.45) is 4.12. The molecule has 188 valence electrons. The first kappa shape index (κ1) is 24.7. The second kappa shape index (κ2) is 10.9. The zero-order valence-electron chi connectivity index (χ0n) is 20.2. The number of aromatic nitrogens is 2. The summed E-state index contributed by atoms with van der Waals surface area (Å²) in [4.78, 5) is 31.6. The molecule has 0 spiro atoms. The molecule has 0 radical (unpaired) electrons. The van der Waals surface area contributed by atoms with E-state index in [0.717, 1.165) is 31.0 Å². The molecule has 3 heterocycles. The number of carbonyl (C=O) groups is 2. The predicted octanol–water partition coefficient (Wildman–Crippen LogP) is 4.48. The van der Waals surface area contributed by atoms with Gasteiger partial charge in [0, 0.05) is 43.0 Å². The highest BCUT2D eigenvalue weighted by Crippen LogP contribution is 2.28. The van der Waals surface area contributed by atoms with E-state index < -0.39 is 0 Å². The molecule has 10 heteroatoms. The van der Waals surface area contributed by atoms with Crippen molar-refractivity contribution >= 4 is 51.3 Å². The van der Waals surface area contributed by atoms with E-state index in [2.05, 4.69) is 32.5 Å². The Bertz CT molecular complexity index is 1210. The van der Waals surface area contributed by atoms with Gasteiger partial charge in [-0.1, -0.05) is 41.5 Å². The number of anilines is 3. The third-order valence-electron chi connectivity index (χ3n) is 6.67. The van der Waals surface area contributed by atoms with E-state index in [1.807, 2.05) is 36.2 Å². The number of carbonyl (C=O) groups excluding carboxylic acids is 2. The molecule has 2 aliphatic rings. The van der Waals surface area contributed by atoms with Crippen LogP contribution in [0.5, 0.6) is 0 Å². The van der Waals surface area contributed by atoms with Gasteiger partial charge in [-0.25, -0.2) is 0 Å². The summed E-state index contributed by atoms with van der Waals surface area (Å²) in [5, 5.41) is 12.7. The van der Waals surface area contributed by atoms with Crippen LogP contribution < -0.4 is 15.1 Å².